The molecule has 1 aromatic rings. The predicted molar refractivity (Wildman–Crippen MR) is 85.1 cm³/mol. The van der Waals surface area contributed by atoms with Gasteiger partial charge >= 0.3 is 6.03 Å². The van der Waals surface area contributed by atoms with Crippen molar-refractivity contribution in [2.75, 3.05) is 5.32 Å². The van der Waals surface area contributed by atoms with Crippen LogP contribution in [-0.2, 0) is 4.79 Å². The second kappa shape index (κ2) is 10.0. The summed E-state index contributed by atoms with van der Waals surface area (Å²) in [4.78, 5) is 23.1. The third-order valence-electron chi connectivity index (χ3n) is 2.92. The van der Waals surface area contributed by atoms with Crippen molar-refractivity contribution in [2.24, 2.45) is 0 Å². The lowest BCUT2D eigenvalue weighted by Gasteiger charge is -2.09. The maximum atomic E-state index is 11.5. The molecule has 1 aromatic carbocycles. The number of urea groups is 1. The average Bonchev–Trinajstić information content (AvgIpc) is 2.47. The lowest BCUT2D eigenvalue weighted by Crippen LogP contribution is -2.43. The van der Waals surface area contributed by atoms with E-state index in [2.05, 4.69) is 23.1 Å². The van der Waals surface area contributed by atoms with Gasteiger partial charge in [-0.05, 0) is 30.7 Å². The second-order valence-electron chi connectivity index (χ2n) is 4.80. The van der Waals surface area contributed by atoms with Crippen molar-refractivity contribution in [3.63, 3.8) is 0 Å². The highest BCUT2D eigenvalue weighted by molar-refractivity contribution is 6.30. The Labute approximate surface area is 130 Å². The van der Waals surface area contributed by atoms with E-state index in [1.807, 2.05) is 0 Å². The Morgan fingerprint density at radius 2 is 1.67 bits per heavy atom. The van der Waals surface area contributed by atoms with E-state index in [1.54, 1.807) is 24.3 Å². The number of nitrogens with one attached hydrogen (secondary N) is 3. The summed E-state index contributed by atoms with van der Waals surface area (Å²) in [6.45, 7) is 2.15. The molecular weight excluding hydrogens is 290 g/mol. The van der Waals surface area contributed by atoms with Crippen LogP contribution in [0.3, 0.4) is 0 Å². The van der Waals surface area contributed by atoms with Crippen molar-refractivity contribution in [2.45, 2.75) is 45.4 Å². The quantitative estimate of drug-likeness (QED) is 0.528. The SMILES string of the molecule is CCCCCCCC(=O)NNC(=O)Nc1ccc(Cl)cc1. The van der Waals surface area contributed by atoms with Crippen LogP contribution in [0.1, 0.15) is 45.4 Å². The number of hydrogen-bond donors (Lipinski definition) is 3. The fourth-order valence-corrected chi connectivity index (χ4v) is 1.90. The first-order chi connectivity index (χ1) is 10.1. The Morgan fingerprint density at radius 1 is 1.00 bits per heavy atom. The monoisotopic (exact) mass is 311 g/mol. The van der Waals surface area contributed by atoms with Crippen LogP contribution in [0, 0.1) is 0 Å². The first-order valence-corrected chi connectivity index (χ1v) is 7.61. The third kappa shape index (κ3) is 8.19. The van der Waals surface area contributed by atoms with Gasteiger partial charge in [0.05, 0.1) is 0 Å². The summed E-state index contributed by atoms with van der Waals surface area (Å²) in [6.07, 6.45) is 5.83. The minimum absolute atomic E-state index is 0.183. The van der Waals surface area contributed by atoms with Gasteiger partial charge in [-0.3, -0.25) is 10.2 Å². The van der Waals surface area contributed by atoms with E-state index in [4.69, 9.17) is 11.6 Å². The zero-order valence-electron chi connectivity index (χ0n) is 12.2. The summed E-state index contributed by atoms with van der Waals surface area (Å²) in [5.41, 5.74) is 5.30. The van der Waals surface area contributed by atoms with Crippen molar-refractivity contribution in [1.82, 2.24) is 10.9 Å². The average molecular weight is 312 g/mol. The molecule has 6 heteroatoms. The van der Waals surface area contributed by atoms with Gasteiger partial charge in [0.15, 0.2) is 0 Å². The summed E-state index contributed by atoms with van der Waals surface area (Å²) in [5, 5.41) is 3.18. The van der Waals surface area contributed by atoms with E-state index in [0.717, 1.165) is 19.3 Å². The molecule has 0 fully saturated rings. The molecule has 0 aromatic heterocycles. The Hall–Kier alpha value is -1.75. The molecule has 116 valence electrons. The van der Waals surface area contributed by atoms with Gasteiger partial charge in [0.2, 0.25) is 5.91 Å². The van der Waals surface area contributed by atoms with Gasteiger partial charge in [0.1, 0.15) is 0 Å². The first kappa shape index (κ1) is 17.3. The summed E-state index contributed by atoms with van der Waals surface area (Å²) in [6, 6.07) is 6.21. The number of carbonyl (C=O) groups excluding carboxylic acids is 2. The van der Waals surface area contributed by atoms with Crippen LogP contribution in [0.25, 0.3) is 0 Å². The highest BCUT2D eigenvalue weighted by Gasteiger charge is 2.04. The van der Waals surface area contributed by atoms with Crippen molar-refractivity contribution in [3.05, 3.63) is 29.3 Å². The number of rotatable bonds is 7. The van der Waals surface area contributed by atoms with Crippen LogP contribution in [-0.4, -0.2) is 11.9 Å². The van der Waals surface area contributed by atoms with Crippen LogP contribution in [0.5, 0.6) is 0 Å². The molecule has 0 saturated heterocycles. The van der Waals surface area contributed by atoms with Gasteiger partial charge in [0, 0.05) is 17.1 Å². The summed E-state index contributed by atoms with van der Waals surface area (Å²) in [7, 11) is 0. The van der Waals surface area contributed by atoms with Crippen molar-refractivity contribution >= 4 is 29.2 Å². The molecule has 0 heterocycles. The summed E-state index contributed by atoms with van der Waals surface area (Å²) in [5.74, 6) is -0.183. The molecule has 0 aliphatic heterocycles. The molecule has 0 aliphatic carbocycles. The molecule has 0 saturated carbocycles. The van der Waals surface area contributed by atoms with E-state index in [-0.39, 0.29) is 5.91 Å². The molecule has 0 spiro atoms. The second-order valence-corrected chi connectivity index (χ2v) is 5.23. The molecule has 5 nitrogen and oxygen atoms in total. The Kier molecular flexibility index (Phi) is 8.28. The Bertz CT molecular complexity index is 449. The van der Waals surface area contributed by atoms with Gasteiger partial charge in [0.25, 0.3) is 0 Å². The van der Waals surface area contributed by atoms with E-state index >= 15 is 0 Å². The number of halogens is 1. The smallest absolute Gasteiger partial charge is 0.307 e. The fraction of sp³-hybridized carbons (Fsp3) is 0.467. The number of amides is 3. The normalized spacial score (nSPS) is 10.0. The van der Waals surface area contributed by atoms with Crippen molar-refractivity contribution in [1.29, 1.82) is 0 Å². The number of unbranched alkanes of at least 4 members (excludes halogenated alkanes) is 4. The van der Waals surface area contributed by atoms with Crippen LogP contribution in [0.15, 0.2) is 24.3 Å². The number of hydrogen-bond acceptors (Lipinski definition) is 2. The maximum absolute atomic E-state index is 11.5. The molecule has 3 amide bonds. The van der Waals surface area contributed by atoms with Gasteiger partial charge in [-0.25, -0.2) is 10.2 Å². The summed E-state index contributed by atoms with van der Waals surface area (Å²) < 4.78 is 0. The van der Waals surface area contributed by atoms with Crippen molar-refractivity contribution in [3.8, 4) is 0 Å². The highest BCUT2D eigenvalue weighted by atomic mass is 35.5. The largest absolute Gasteiger partial charge is 0.337 e. The zero-order valence-corrected chi connectivity index (χ0v) is 13.0. The standard InChI is InChI=1S/C15H22ClN3O2/c1-2-3-4-5-6-7-14(20)18-19-15(21)17-13-10-8-12(16)9-11-13/h8-11H,2-7H2,1H3,(H,18,20)(H2,17,19,21). The van der Waals surface area contributed by atoms with Gasteiger partial charge in [-0.2, -0.15) is 0 Å². The topological polar surface area (TPSA) is 70.2 Å². The van der Waals surface area contributed by atoms with Gasteiger partial charge < -0.3 is 5.32 Å². The van der Waals surface area contributed by atoms with Gasteiger partial charge in [-0.15, -0.1) is 0 Å². The number of carbonyl (C=O) groups is 2. The van der Waals surface area contributed by atoms with E-state index < -0.39 is 6.03 Å². The number of anilines is 1. The summed E-state index contributed by atoms with van der Waals surface area (Å²) >= 11 is 5.75. The van der Waals surface area contributed by atoms with Crippen molar-refractivity contribution < 1.29 is 9.59 Å². The molecule has 0 radical (unpaired) electrons. The van der Waals surface area contributed by atoms with E-state index in [1.165, 1.54) is 12.8 Å². The molecule has 1 rings (SSSR count). The minimum atomic E-state index is -0.489. The van der Waals surface area contributed by atoms with Crippen LogP contribution in [0.2, 0.25) is 5.02 Å². The zero-order chi connectivity index (χ0) is 15.5. The first-order valence-electron chi connectivity index (χ1n) is 7.23. The predicted octanol–water partition coefficient (Wildman–Crippen LogP) is 3.85. The van der Waals surface area contributed by atoms with E-state index in [0.29, 0.717) is 17.1 Å². The number of hydrazine groups is 1. The van der Waals surface area contributed by atoms with Crippen LogP contribution >= 0.6 is 11.6 Å². The molecule has 0 aliphatic rings. The van der Waals surface area contributed by atoms with E-state index in [9.17, 15) is 9.59 Å². The van der Waals surface area contributed by atoms with Crippen LogP contribution < -0.4 is 16.2 Å². The minimum Gasteiger partial charge on any atom is -0.307 e. The molecular formula is C15H22ClN3O2. The molecule has 0 atom stereocenters. The number of benzene rings is 1. The fourth-order valence-electron chi connectivity index (χ4n) is 1.77. The lowest BCUT2D eigenvalue weighted by molar-refractivity contribution is -0.121. The molecule has 3 N–H and O–H groups in total. The van der Waals surface area contributed by atoms with Gasteiger partial charge in [-0.1, -0.05) is 44.2 Å². The van der Waals surface area contributed by atoms with Crippen LogP contribution in [0.4, 0.5) is 10.5 Å². The third-order valence-corrected chi connectivity index (χ3v) is 3.18. The Balaban J connectivity index is 2.14. The Morgan fingerprint density at radius 3 is 2.33 bits per heavy atom. The maximum Gasteiger partial charge on any atom is 0.337 e. The molecule has 21 heavy (non-hydrogen) atoms. The molecule has 0 bridgehead atoms. The molecule has 0 unspecified atom stereocenters. The highest BCUT2D eigenvalue weighted by Crippen LogP contribution is 2.12. The lowest BCUT2D eigenvalue weighted by atomic mass is 10.1.